The lowest BCUT2D eigenvalue weighted by Gasteiger charge is -2.18. The van der Waals surface area contributed by atoms with E-state index in [-0.39, 0.29) is 31.1 Å². The summed E-state index contributed by atoms with van der Waals surface area (Å²) < 4.78 is 17.0. The van der Waals surface area contributed by atoms with Gasteiger partial charge in [-0.25, -0.2) is 0 Å². The highest BCUT2D eigenvalue weighted by molar-refractivity contribution is 5.71. The first-order valence-electron chi connectivity index (χ1n) is 34.1. The van der Waals surface area contributed by atoms with Crippen LogP contribution in [0.4, 0.5) is 0 Å². The van der Waals surface area contributed by atoms with Gasteiger partial charge in [-0.3, -0.25) is 14.4 Å². The zero-order chi connectivity index (χ0) is 55.7. The first-order valence-corrected chi connectivity index (χ1v) is 34.1. The zero-order valence-corrected chi connectivity index (χ0v) is 51.7. The highest BCUT2D eigenvalue weighted by Gasteiger charge is 2.19. The molecule has 0 atom stereocenters. The standard InChI is InChI=1S/C71H130O6/c1-4-7-10-13-16-19-22-25-28-31-33-35-37-40-42-45-48-51-54-57-60-63-69(72)75-66-68(77-71(74)65-62-59-56-53-50-47-44-39-30-27-24-21-18-15-12-9-6-3)67-76-70(73)64-61-58-55-52-49-46-43-41-38-36-34-32-29-26-23-20-17-14-11-8-5-2/h18,21,25-30,68H,4-17,19-20,22-24,31-67H2,1-3H3/b21-18-,28-25-,29-26-,30-27-. The van der Waals surface area contributed by atoms with Crippen LogP contribution in [0.25, 0.3) is 0 Å². The van der Waals surface area contributed by atoms with Crippen molar-refractivity contribution in [2.24, 2.45) is 0 Å². The summed E-state index contributed by atoms with van der Waals surface area (Å²) >= 11 is 0. The maximum atomic E-state index is 12.9. The molecule has 0 unspecified atom stereocenters. The molecule has 6 heteroatoms. The van der Waals surface area contributed by atoms with E-state index in [1.165, 1.54) is 257 Å². The van der Waals surface area contributed by atoms with E-state index in [1.807, 2.05) is 0 Å². The number of ether oxygens (including phenoxy) is 3. The summed E-state index contributed by atoms with van der Waals surface area (Å²) in [5.41, 5.74) is 0. The Bertz CT molecular complexity index is 1260. The fourth-order valence-corrected chi connectivity index (χ4v) is 10.1. The Morgan fingerprint density at radius 2 is 0.468 bits per heavy atom. The molecular formula is C71H130O6. The molecule has 0 spiro atoms. The summed E-state index contributed by atoms with van der Waals surface area (Å²) in [5, 5.41) is 0. The molecule has 0 aromatic rings. The van der Waals surface area contributed by atoms with Crippen molar-refractivity contribution in [3.8, 4) is 0 Å². The topological polar surface area (TPSA) is 78.9 Å². The SMILES string of the molecule is CCCCC/C=C\C/C=C\CCCCCCCCCC(=O)OC(COC(=O)CCCCCCCCCCCCC/C=C\CCCCCCCC)COC(=O)CCCCCCCCCCCCC/C=C\CCCCCCCC. The number of unbranched alkanes of at least 4 members (excludes halogenated alkanes) is 44. The van der Waals surface area contributed by atoms with Crippen LogP contribution in [0.15, 0.2) is 48.6 Å². The van der Waals surface area contributed by atoms with Crippen molar-refractivity contribution in [2.75, 3.05) is 13.2 Å². The van der Waals surface area contributed by atoms with Crippen molar-refractivity contribution in [1.29, 1.82) is 0 Å². The molecule has 0 heterocycles. The summed E-state index contributed by atoms with van der Waals surface area (Å²) in [6, 6.07) is 0. The molecule has 0 rings (SSSR count). The van der Waals surface area contributed by atoms with Crippen LogP contribution >= 0.6 is 0 Å². The van der Waals surface area contributed by atoms with E-state index in [9.17, 15) is 14.4 Å². The van der Waals surface area contributed by atoms with Gasteiger partial charge in [0.05, 0.1) is 0 Å². The van der Waals surface area contributed by atoms with E-state index in [4.69, 9.17) is 14.2 Å². The number of rotatable bonds is 63. The van der Waals surface area contributed by atoms with Gasteiger partial charge in [0.2, 0.25) is 0 Å². The lowest BCUT2D eigenvalue weighted by atomic mass is 10.0. The van der Waals surface area contributed by atoms with Crippen LogP contribution in [-0.2, 0) is 28.6 Å². The van der Waals surface area contributed by atoms with Crippen LogP contribution < -0.4 is 0 Å². The minimum Gasteiger partial charge on any atom is -0.462 e. The lowest BCUT2D eigenvalue weighted by molar-refractivity contribution is -0.167. The van der Waals surface area contributed by atoms with Crippen molar-refractivity contribution >= 4 is 17.9 Å². The molecule has 77 heavy (non-hydrogen) atoms. The monoisotopic (exact) mass is 1080 g/mol. The molecule has 6 nitrogen and oxygen atoms in total. The van der Waals surface area contributed by atoms with Gasteiger partial charge < -0.3 is 14.2 Å². The number of carbonyl (C=O) groups is 3. The lowest BCUT2D eigenvalue weighted by Crippen LogP contribution is -2.30. The van der Waals surface area contributed by atoms with Crippen LogP contribution in [0, 0.1) is 0 Å². The second-order valence-electron chi connectivity index (χ2n) is 23.1. The van der Waals surface area contributed by atoms with Crippen LogP contribution in [-0.4, -0.2) is 37.2 Å². The first-order chi connectivity index (χ1) is 38.0. The van der Waals surface area contributed by atoms with Gasteiger partial charge in [-0.2, -0.15) is 0 Å². The second kappa shape index (κ2) is 65.9. The Morgan fingerprint density at radius 3 is 0.753 bits per heavy atom. The van der Waals surface area contributed by atoms with E-state index < -0.39 is 6.10 Å². The Balaban J connectivity index is 4.33. The van der Waals surface area contributed by atoms with Crippen LogP contribution in [0.5, 0.6) is 0 Å². The van der Waals surface area contributed by atoms with Gasteiger partial charge in [-0.1, -0.05) is 294 Å². The van der Waals surface area contributed by atoms with E-state index in [0.717, 1.165) is 70.6 Å². The number of allylic oxidation sites excluding steroid dienone is 8. The van der Waals surface area contributed by atoms with Gasteiger partial charge >= 0.3 is 17.9 Å². The largest absolute Gasteiger partial charge is 0.462 e. The van der Waals surface area contributed by atoms with Gasteiger partial charge in [0.15, 0.2) is 6.10 Å². The quantitative estimate of drug-likeness (QED) is 0.0261. The number of esters is 3. The van der Waals surface area contributed by atoms with E-state index in [0.29, 0.717) is 19.3 Å². The third-order valence-corrected chi connectivity index (χ3v) is 15.3. The summed E-state index contributed by atoms with van der Waals surface area (Å²) in [6.07, 6.45) is 82.6. The van der Waals surface area contributed by atoms with Gasteiger partial charge in [0.1, 0.15) is 13.2 Å². The van der Waals surface area contributed by atoms with Crippen molar-refractivity contribution in [3.05, 3.63) is 48.6 Å². The molecule has 0 N–H and O–H groups in total. The highest BCUT2D eigenvalue weighted by Crippen LogP contribution is 2.17. The molecule has 0 aromatic heterocycles. The first kappa shape index (κ1) is 74.4. The van der Waals surface area contributed by atoms with Crippen molar-refractivity contribution in [2.45, 2.75) is 374 Å². The second-order valence-corrected chi connectivity index (χ2v) is 23.1. The molecule has 0 amide bonds. The summed E-state index contributed by atoms with van der Waals surface area (Å²) in [5.74, 6) is -0.859. The summed E-state index contributed by atoms with van der Waals surface area (Å²) in [4.78, 5) is 38.4. The summed E-state index contributed by atoms with van der Waals surface area (Å²) in [6.45, 7) is 6.66. The normalized spacial score (nSPS) is 11.9. The average molecular weight is 1080 g/mol. The third-order valence-electron chi connectivity index (χ3n) is 15.3. The van der Waals surface area contributed by atoms with Crippen LogP contribution in [0.3, 0.4) is 0 Å². The van der Waals surface area contributed by atoms with E-state index in [2.05, 4.69) is 69.4 Å². The molecule has 450 valence electrons. The number of hydrogen-bond donors (Lipinski definition) is 0. The Hall–Kier alpha value is -2.63. The van der Waals surface area contributed by atoms with Crippen molar-refractivity contribution in [1.82, 2.24) is 0 Å². The fraction of sp³-hybridized carbons (Fsp3) is 0.845. The Labute approximate surface area is 479 Å². The minimum atomic E-state index is -0.778. The van der Waals surface area contributed by atoms with Gasteiger partial charge in [0, 0.05) is 19.3 Å². The molecule has 0 bridgehead atoms. The molecule has 0 saturated carbocycles. The summed E-state index contributed by atoms with van der Waals surface area (Å²) in [7, 11) is 0. The minimum absolute atomic E-state index is 0.0740. The average Bonchev–Trinajstić information content (AvgIpc) is 3.43. The Kier molecular flexibility index (Phi) is 63.6. The third kappa shape index (κ3) is 64.1. The molecule has 0 aliphatic rings. The molecule has 0 fully saturated rings. The smallest absolute Gasteiger partial charge is 0.306 e. The number of carbonyl (C=O) groups excluding carboxylic acids is 3. The van der Waals surface area contributed by atoms with E-state index >= 15 is 0 Å². The molecule has 0 aliphatic carbocycles. The zero-order valence-electron chi connectivity index (χ0n) is 51.7. The number of hydrogen-bond acceptors (Lipinski definition) is 6. The van der Waals surface area contributed by atoms with Crippen LogP contribution in [0.2, 0.25) is 0 Å². The van der Waals surface area contributed by atoms with E-state index in [1.54, 1.807) is 0 Å². The van der Waals surface area contributed by atoms with Crippen molar-refractivity contribution in [3.63, 3.8) is 0 Å². The fourth-order valence-electron chi connectivity index (χ4n) is 10.1. The molecule has 0 aliphatic heterocycles. The molecule has 0 radical (unpaired) electrons. The highest BCUT2D eigenvalue weighted by atomic mass is 16.6. The molecule has 0 saturated heterocycles. The predicted octanol–water partition coefficient (Wildman–Crippen LogP) is 23.3. The van der Waals surface area contributed by atoms with Gasteiger partial charge in [-0.15, -0.1) is 0 Å². The molecular weight excluding hydrogens is 949 g/mol. The molecule has 0 aromatic carbocycles. The van der Waals surface area contributed by atoms with Crippen molar-refractivity contribution < 1.29 is 28.6 Å². The maximum Gasteiger partial charge on any atom is 0.306 e. The maximum absolute atomic E-state index is 12.9. The van der Waals surface area contributed by atoms with Crippen LogP contribution in [0.1, 0.15) is 367 Å². The predicted molar refractivity (Wildman–Crippen MR) is 335 cm³/mol. The van der Waals surface area contributed by atoms with Gasteiger partial charge in [0.25, 0.3) is 0 Å². The Morgan fingerprint density at radius 1 is 0.260 bits per heavy atom. The van der Waals surface area contributed by atoms with Gasteiger partial charge in [-0.05, 0) is 103 Å².